The topological polar surface area (TPSA) is 44.7 Å². The summed E-state index contributed by atoms with van der Waals surface area (Å²) in [4.78, 5) is 2.10. The fraction of sp³-hybridized carbons (Fsp3) is 0.263. The first-order valence-electron chi connectivity index (χ1n) is 7.82. The zero-order valence-corrected chi connectivity index (χ0v) is 13.8. The number of benzene rings is 2. The summed E-state index contributed by atoms with van der Waals surface area (Å²) in [5.41, 5.74) is 3.31. The summed E-state index contributed by atoms with van der Waals surface area (Å²) in [7, 11) is 4.04. The molecular weight excluding hydrogens is 307 g/mol. The third-order valence-corrected chi connectivity index (χ3v) is 3.81. The predicted molar refractivity (Wildman–Crippen MR) is 93.3 cm³/mol. The molecule has 5 heteroatoms. The van der Waals surface area contributed by atoms with E-state index < -0.39 is 6.23 Å². The van der Waals surface area contributed by atoms with Crippen LogP contribution in [0.25, 0.3) is 6.08 Å². The smallest absolute Gasteiger partial charge is 0.150 e. The highest BCUT2D eigenvalue weighted by molar-refractivity contribution is 5.64. The van der Waals surface area contributed by atoms with Crippen LogP contribution in [0.2, 0.25) is 0 Å². The number of hydrogen-bond donors (Lipinski definition) is 2. The van der Waals surface area contributed by atoms with Gasteiger partial charge >= 0.3 is 0 Å². The molecule has 0 saturated heterocycles. The van der Waals surface area contributed by atoms with Gasteiger partial charge in [-0.1, -0.05) is 12.1 Å². The van der Waals surface area contributed by atoms with Crippen LogP contribution in [0, 0.1) is 5.82 Å². The highest BCUT2D eigenvalue weighted by Gasteiger charge is 2.18. The van der Waals surface area contributed by atoms with E-state index in [1.807, 2.05) is 38.4 Å². The molecule has 0 spiro atoms. The van der Waals surface area contributed by atoms with Crippen molar-refractivity contribution in [3.05, 3.63) is 65.0 Å². The SMILES string of the molecule is CN(C)Cc1ccc(NC(O)C2=Cc3cc(F)ccc3OC2)cc1. The quantitative estimate of drug-likeness (QED) is 0.828. The number of nitrogens with zero attached hydrogens (tertiary/aromatic N) is 1. The van der Waals surface area contributed by atoms with Crippen LogP contribution in [0.4, 0.5) is 10.1 Å². The van der Waals surface area contributed by atoms with Crippen LogP contribution in [-0.2, 0) is 6.54 Å². The second kappa shape index (κ2) is 7.03. The summed E-state index contributed by atoms with van der Waals surface area (Å²) in [5.74, 6) is 0.300. The van der Waals surface area contributed by atoms with Crippen molar-refractivity contribution in [2.75, 3.05) is 26.0 Å². The molecular formula is C19H21FN2O2. The molecule has 1 unspecified atom stereocenters. The summed E-state index contributed by atoms with van der Waals surface area (Å²) in [6.07, 6.45) is 0.876. The maximum absolute atomic E-state index is 13.3. The van der Waals surface area contributed by atoms with Crippen LogP contribution >= 0.6 is 0 Å². The first-order valence-corrected chi connectivity index (χ1v) is 7.82. The van der Waals surface area contributed by atoms with Gasteiger partial charge in [-0.2, -0.15) is 0 Å². The van der Waals surface area contributed by atoms with Gasteiger partial charge in [-0.25, -0.2) is 4.39 Å². The maximum atomic E-state index is 13.3. The number of nitrogens with one attached hydrogen (secondary N) is 1. The summed E-state index contributed by atoms with van der Waals surface area (Å²) < 4.78 is 18.9. The number of ether oxygens (including phenoxy) is 1. The van der Waals surface area contributed by atoms with E-state index in [4.69, 9.17) is 4.74 Å². The van der Waals surface area contributed by atoms with Gasteiger partial charge in [-0.3, -0.25) is 0 Å². The molecule has 0 bridgehead atoms. The van der Waals surface area contributed by atoms with Crippen molar-refractivity contribution in [3.63, 3.8) is 0 Å². The van der Waals surface area contributed by atoms with Crippen LogP contribution in [0.15, 0.2) is 48.0 Å². The zero-order chi connectivity index (χ0) is 17.1. The monoisotopic (exact) mass is 328 g/mol. The van der Waals surface area contributed by atoms with Gasteiger partial charge in [0.15, 0.2) is 0 Å². The van der Waals surface area contributed by atoms with Crippen molar-refractivity contribution in [3.8, 4) is 5.75 Å². The Balaban J connectivity index is 1.70. The molecule has 0 aliphatic carbocycles. The minimum absolute atomic E-state index is 0.269. The van der Waals surface area contributed by atoms with Gasteiger partial charge in [-0.15, -0.1) is 0 Å². The Bertz CT molecular complexity index is 742. The Labute approximate surface area is 141 Å². The molecule has 3 rings (SSSR count). The lowest BCUT2D eigenvalue weighted by molar-refractivity contribution is 0.216. The van der Waals surface area contributed by atoms with Gasteiger partial charge < -0.3 is 20.1 Å². The fourth-order valence-electron chi connectivity index (χ4n) is 2.65. The third kappa shape index (κ3) is 3.93. The van der Waals surface area contributed by atoms with Gasteiger partial charge in [0.2, 0.25) is 0 Å². The zero-order valence-electron chi connectivity index (χ0n) is 13.8. The fourth-order valence-corrected chi connectivity index (χ4v) is 2.65. The minimum Gasteiger partial charge on any atom is -0.488 e. The molecule has 1 heterocycles. The number of aliphatic hydroxyl groups excluding tert-OH is 1. The Morgan fingerprint density at radius 1 is 1.21 bits per heavy atom. The Hall–Kier alpha value is -2.37. The summed E-state index contributed by atoms with van der Waals surface area (Å²) in [6.45, 7) is 1.13. The second-order valence-corrected chi connectivity index (χ2v) is 6.17. The van der Waals surface area contributed by atoms with E-state index in [0.717, 1.165) is 12.2 Å². The Kier molecular flexibility index (Phi) is 4.83. The van der Waals surface area contributed by atoms with Gasteiger partial charge in [-0.05, 0) is 56.1 Å². The molecule has 0 amide bonds. The van der Waals surface area contributed by atoms with Crippen LogP contribution < -0.4 is 10.1 Å². The molecule has 4 nitrogen and oxygen atoms in total. The molecule has 2 aromatic carbocycles. The number of halogens is 1. The van der Waals surface area contributed by atoms with Gasteiger partial charge in [0.1, 0.15) is 24.4 Å². The molecule has 1 aliphatic rings. The third-order valence-electron chi connectivity index (χ3n) is 3.81. The maximum Gasteiger partial charge on any atom is 0.150 e. The lowest BCUT2D eigenvalue weighted by atomic mass is 10.1. The average molecular weight is 328 g/mol. The molecule has 1 aliphatic heterocycles. The molecule has 24 heavy (non-hydrogen) atoms. The molecule has 2 N–H and O–H groups in total. The minimum atomic E-state index is -0.888. The van der Waals surface area contributed by atoms with E-state index in [1.54, 1.807) is 12.1 Å². The number of rotatable bonds is 5. The van der Waals surface area contributed by atoms with Crippen molar-refractivity contribution in [1.82, 2.24) is 4.90 Å². The predicted octanol–water partition coefficient (Wildman–Crippen LogP) is 3.09. The largest absolute Gasteiger partial charge is 0.488 e. The Morgan fingerprint density at radius 3 is 2.67 bits per heavy atom. The van der Waals surface area contributed by atoms with Gasteiger partial charge in [0, 0.05) is 23.4 Å². The van der Waals surface area contributed by atoms with Crippen molar-refractivity contribution in [2.45, 2.75) is 12.8 Å². The van der Waals surface area contributed by atoms with E-state index >= 15 is 0 Å². The van der Waals surface area contributed by atoms with E-state index in [2.05, 4.69) is 10.2 Å². The van der Waals surface area contributed by atoms with Crippen molar-refractivity contribution < 1.29 is 14.2 Å². The summed E-state index contributed by atoms with van der Waals surface area (Å²) in [6, 6.07) is 12.3. The number of aliphatic hydroxyl groups is 1. The normalized spacial score (nSPS) is 14.6. The van der Waals surface area contributed by atoms with E-state index in [0.29, 0.717) is 16.9 Å². The second-order valence-electron chi connectivity index (χ2n) is 6.17. The molecule has 0 radical (unpaired) electrons. The molecule has 126 valence electrons. The molecule has 0 fully saturated rings. The van der Waals surface area contributed by atoms with Crippen LogP contribution in [0.5, 0.6) is 5.75 Å². The summed E-state index contributed by atoms with van der Waals surface area (Å²) >= 11 is 0. The molecule has 2 aromatic rings. The average Bonchev–Trinajstić information content (AvgIpc) is 2.55. The summed E-state index contributed by atoms with van der Waals surface area (Å²) in [5, 5.41) is 13.4. The van der Waals surface area contributed by atoms with E-state index in [1.165, 1.54) is 17.7 Å². The Morgan fingerprint density at radius 2 is 1.96 bits per heavy atom. The van der Waals surface area contributed by atoms with Crippen molar-refractivity contribution >= 4 is 11.8 Å². The van der Waals surface area contributed by atoms with E-state index in [-0.39, 0.29) is 12.4 Å². The standard InChI is InChI=1S/C19H21FN2O2/c1-22(2)11-13-3-6-17(7-4-13)21-19(23)15-9-14-10-16(20)5-8-18(14)24-12-15/h3-10,19,21,23H,11-12H2,1-2H3. The molecule has 0 saturated carbocycles. The van der Waals surface area contributed by atoms with Crippen molar-refractivity contribution in [1.29, 1.82) is 0 Å². The lowest BCUT2D eigenvalue weighted by Crippen LogP contribution is -2.26. The number of fused-ring (bicyclic) bond motifs is 1. The van der Waals surface area contributed by atoms with Crippen LogP contribution in [0.3, 0.4) is 0 Å². The van der Waals surface area contributed by atoms with Crippen LogP contribution in [0.1, 0.15) is 11.1 Å². The highest BCUT2D eigenvalue weighted by Crippen LogP contribution is 2.28. The number of hydrogen-bond acceptors (Lipinski definition) is 4. The van der Waals surface area contributed by atoms with Gasteiger partial charge in [0.25, 0.3) is 0 Å². The highest BCUT2D eigenvalue weighted by atomic mass is 19.1. The van der Waals surface area contributed by atoms with E-state index in [9.17, 15) is 9.50 Å². The van der Waals surface area contributed by atoms with Crippen LogP contribution in [-0.4, -0.2) is 36.9 Å². The van der Waals surface area contributed by atoms with Gasteiger partial charge in [0.05, 0.1) is 0 Å². The first kappa shape index (κ1) is 16.5. The molecule has 1 atom stereocenters. The first-order chi connectivity index (χ1) is 11.5. The van der Waals surface area contributed by atoms with Crippen molar-refractivity contribution in [2.24, 2.45) is 0 Å². The number of anilines is 1. The molecule has 0 aromatic heterocycles. The lowest BCUT2D eigenvalue weighted by Gasteiger charge is -2.23.